The van der Waals surface area contributed by atoms with E-state index in [4.69, 9.17) is 14.6 Å². The number of aliphatic hydroxyl groups excluding tert-OH is 1. The van der Waals surface area contributed by atoms with E-state index in [1.807, 2.05) is 0 Å². The molecule has 1 fully saturated rings. The van der Waals surface area contributed by atoms with E-state index in [0.29, 0.717) is 13.0 Å². The van der Waals surface area contributed by atoms with Gasteiger partial charge in [0.2, 0.25) is 12.9 Å². The van der Waals surface area contributed by atoms with Crippen molar-refractivity contribution in [3.63, 3.8) is 0 Å². The molecule has 1 aliphatic rings. The van der Waals surface area contributed by atoms with E-state index in [2.05, 4.69) is 0 Å². The number of hydrogen-bond acceptors (Lipinski definition) is 3. The van der Waals surface area contributed by atoms with Crippen molar-refractivity contribution in [1.29, 1.82) is 0 Å². The minimum Gasteiger partial charge on any atom is -0.396 e. The van der Waals surface area contributed by atoms with Crippen molar-refractivity contribution in [2.24, 2.45) is 0 Å². The Balaban J connectivity index is 1.96. The second-order valence-electron chi connectivity index (χ2n) is 2.61. The number of ether oxygens (including phenoxy) is 2. The second-order valence-corrected chi connectivity index (χ2v) is 2.61. The van der Waals surface area contributed by atoms with Crippen molar-refractivity contribution >= 4 is 0 Å². The highest BCUT2D eigenvalue weighted by atomic mass is 16.7. The van der Waals surface area contributed by atoms with Gasteiger partial charge in [0.15, 0.2) is 0 Å². The SMILES string of the molecule is OCCCOC1CCC[CH+]O1. The average molecular weight is 159 g/mol. The lowest BCUT2D eigenvalue weighted by atomic mass is 10.2. The van der Waals surface area contributed by atoms with E-state index in [1.165, 1.54) is 0 Å². The van der Waals surface area contributed by atoms with E-state index in [0.717, 1.165) is 19.3 Å². The van der Waals surface area contributed by atoms with Crippen LogP contribution in [-0.2, 0) is 9.47 Å². The summed E-state index contributed by atoms with van der Waals surface area (Å²) < 4.78 is 10.5. The van der Waals surface area contributed by atoms with Crippen LogP contribution >= 0.6 is 0 Å². The average Bonchev–Trinajstić information content (AvgIpc) is 2.07. The summed E-state index contributed by atoms with van der Waals surface area (Å²) in [6.45, 7) is 2.58. The van der Waals surface area contributed by atoms with Gasteiger partial charge in [0.05, 0.1) is 6.61 Å². The zero-order valence-electron chi connectivity index (χ0n) is 6.66. The van der Waals surface area contributed by atoms with Crippen LogP contribution in [-0.4, -0.2) is 24.6 Å². The van der Waals surface area contributed by atoms with Gasteiger partial charge < -0.3 is 9.84 Å². The van der Waals surface area contributed by atoms with Crippen LogP contribution in [0.5, 0.6) is 0 Å². The van der Waals surface area contributed by atoms with Crippen molar-refractivity contribution < 1.29 is 14.6 Å². The molecule has 1 N–H and O–H groups in total. The van der Waals surface area contributed by atoms with Crippen molar-refractivity contribution in [1.82, 2.24) is 0 Å². The topological polar surface area (TPSA) is 38.7 Å². The predicted molar refractivity (Wildman–Crippen MR) is 40.7 cm³/mol. The van der Waals surface area contributed by atoms with Gasteiger partial charge in [-0.2, -0.15) is 4.74 Å². The molecule has 0 aromatic carbocycles. The fraction of sp³-hybridized carbons (Fsp3) is 0.875. The first-order chi connectivity index (χ1) is 5.43. The third-order valence-corrected chi connectivity index (χ3v) is 1.62. The van der Waals surface area contributed by atoms with Gasteiger partial charge >= 0.3 is 0 Å². The summed E-state index contributed by atoms with van der Waals surface area (Å²) in [5.74, 6) is 0. The molecule has 0 spiro atoms. The van der Waals surface area contributed by atoms with Crippen LogP contribution in [0.25, 0.3) is 0 Å². The standard InChI is InChI=1S/C8H15O3/c9-5-3-7-11-8-4-1-2-6-10-8/h6,8-9H,1-5,7H2/q+1. The Morgan fingerprint density at radius 3 is 3.18 bits per heavy atom. The van der Waals surface area contributed by atoms with Gasteiger partial charge in [0.1, 0.15) is 6.42 Å². The zero-order chi connectivity index (χ0) is 7.94. The predicted octanol–water partition coefficient (Wildman–Crippen LogP) is 1.07. The summed E-state index contributed by atoms with van der Waals surface area (Å²) in [7, 11) is 0. The molecule has 11 heavy (non-hydrogen) atoms. The van der Waals surface area contributed by atoms with Crippen LogP contribution in [0.1, 0.15) is 25.7 Å². The molecule has 1 atom stereocenters. The molecular formula is C8H15O3+. The minimum absolute atomic E-state index is 0.0599. The minimum atomic E-state index is -0.0599. The highest BCUT2D eigenvalue weighted by Crippen LogP contribution is 2.16. The van der Waals surface area contributed by atoms with E-state index >= 15 is 0 Å². The van der Waals surface area contributed by atoms with Gasteiger partial charge in [-0.1, -0.05) is 0 Å². The summed E-state index contributed by atoms with van der Waals surface area (Å²) in [4.78, 5) is 0. The lowest BCUT2D eigenvalue weighted by Crippen LogP contribution is -2.20. The number of rotatable bonds is 4. The molecule has 0 aromatic rings. The van der Waals surface area contributed by atoms with Gasteiger partial charge in [0.25, 0.3) is 0 Å². The summed E-state index contributed by atoms with van der Waals surface area (Å²) in [6.07, 6.45) is 3.78. The van der Waals surface area contributed by atoms with E-state index in [-0.39, 0.29) is 12.9 Å². The second kappa shape index (κ2) is 5.41. The van der Waals surface area contributed by atoms with Crippen LogP contribution < -0.4 is 0 Å². The Morgan fingerprint density at radius 1 is 1.64 bits per heavy atom. The zero-order valence-corrected chi connectivity index (χ0v) is 6.66. The Kier molecular flexibility index (Phi) is 4.35. The van der Waals surface area contributed by atoms with Crippen molar-refractivity contribution in [3.8, 4) is 0 Å². The fourth-order valence-corrected chi connectivity index (χ4v) is 1.01. The molecule has 0 bridgehead atoms. The molecular weight excluding hydrogens is 144 g/mol. The monoisotopic (exact) mass is 159 g/mol. The quantitative estimate of drug-likeness (QED) is 0.492. The molecule has 3 nitrogen and oxygen atoms in total. The van der Waals surface area contributed by atoms with Crippen LogP contribution in [0.3, 0.4) is 0 Å². The van der Waals surface area contributed by atoms with Gasteiger partial charge in [-0.3, -0.25) is 0 Å². The molecule has 1 aliphatic heterocycles. The van der Waals surface area contributed by atoms with Crippen molar-refractivity contribution in [3.05, 3.63) is 6.61 Å². The van der Waals surface area contributed by atoms with Gasteiger partial charge in [-0.15, -0.1) is 0 Å². The number of aliphatic hydroxyl groups is 1. The molecule has 64 valence electrons. The molecule has 3 heteroatoms. The van der Waals surface area contributed by atoms with E-state index < -0.39 is 0 Å². The molecule has 0 amide bonds. The summed E-state index contributed by atoms with van der Waals surface area (Å²) in [5, 5.41) is 8.47. The summed E-state index contributed by atoms with van der Waals surface area (Å²) >= 11 is 0. The van der Waals surface area contributed by atoms with Crippen LogP contribution in [0.2, 0.25) is 0 Å². The van der Waals surface area contributed by atoms with Crippen molar-refractivity contribution in [2.75, 3.05) is 13.2 Å². The van der Waals surface area contributed by atoms with Gasteiger partial charge in [-0.05, 0) is 12.8 Å². The Morgan fingerprint density at radius 2 is 2.55 bits per heavy atom. The maximum atomic E-state index is 8.47. The van der Waals surface area contributed by atoms with Crippen LogP contribution in [0.15, 0.2) is 0 Å². The molecule has 0 saturated carbocycles. The number of hydrogen-bond donors (Lipinski definition) is 1. The maximum absolute atomic E-state index is 8.47. The van der Waals surface area contributed by atoms with E-state index in [1.54, 1.807) is 6.61 Å². The van der Waals surface area contributed by atoms with Crippen molar-refractivity contribution in [2.45, 2.75) is 32.0 Å². The third kappa shape index (κ3) is 3.60. The molecule has 1 saturated heterocycles. The first kappa shape index (κ1) is 8.84. The summed E-state index contributed by atoms with van der Waals surface area (Å²) in [5.41, 5.74) is 0. The summed E-state index contributed by atoms with van der Waals surface area (Å²) in [6, 6.07) is 0. The highest BCUT2D eigenvalue weighted by molar-refractivity contribution is 4.61. The molecule has 1 heterocycles. The normalized spacial score (nSPS) is 24.6. The molecule has 1 rings (SSSR count). The Hall–Kier alpha value is -0.250. The van der Waals surface area contributed by atoms with E-state index in [9.17, 15) is 0 Å². The van der Waals surface area contributed by atoms with Crippen LogP contribution in [0.4, 0.5) is 0 Å². The first-order valence-electron chi connectivity index (χ1n) is 4.13. The molecule has 0 aromatic heterocycles. The largest absolute Gasteiger partial charge is 0.396 e. The maximum Gasteiger partial charge on any atom is 0.231 e. The Labute approximate surface area is 67.3 Å². The highest BCUT2D eigenvalue weighted by Gasteiger charge is 2.20. The lowest BCUT2D eigenvalue weighted by molar-refractivity contribution is -0.141. The molecule has 1 unspecified atom stereocenters. The fourth-order valence-electron chi connectivity index (χ4n) is 1.01. The molecule has 0 aliphatic carbocycles. The molecule has 0 radical (unpaired) electrons. The smallest absolute Gasteiger partial charge is 0.231 e. The van der Waals surface area contributed by atoms with Crippen LogP contribution in [0, 0.1) is 6.61 Å². The third-order valence-electron chi connectivity index (χ3n) is 1.62. The first-order valence-corrected chi connectivity index (χ1v) is 4.13. The van der Waals surface area contributed by atoms with Gasteiger partial charge in [-0.25, -0.2) is 0 Å². The lowest BCUT2D eigenvalue weighted by Gasteiger charge is -2.15. The Bertz CT molecular complexity index is 89.3. The van der Waals surface area contributed by atoms with Gasteiger partial charge in [0, 0.05) is 13.0 Å².